The highest BCUT2D eigenvalue weighted by molar-refractivity contribution is 9.10. The topological polar surface area (TPSA) is 36.4 Å². The summed E-state index contributed by atoms with van der Waals surface area (Å²) in [5.74, 6) is 3.01. The van der Waals surface area contributed by atoms with Crippen LogP contribution in [0.15, 0.2) is 59.1 Å². The third-order valence-corrected chi connectivity index (χ3v) is 9.81. The molecule has 5 heteroatoms. The van der Waals surface area contributed by atoms with Crippen molar-refractivity contribution in [2.75, 3.05) is 26.2 Å². The summed E-state index contributed by atoms with van der Waals surface area (Å²) in [5.41, 5.74) is 3.95. The average Bonchev–Trinajstić information content (AvgIpc) is 2.87. The molecule has 0 unspecified atom stereocenters. The molecule has 3 aromatic rings. The van der Waals surface area contributed by atoms with Crippen molar-refractivity contribution in [1.82, 2.24) is 14.8 Å². The number of pyridine rings is 1. The maximum Gasteiger partial charge on any atom is 0.254 e. The smallest absolute Gasteiger partial charge is 0.254 e. The van der Waals surface area contributed by atoms with Crippen molar-refractivity contribution in [2.45, 2.75) is 44.1 Å². The summed E-state index contributed by atoms with van der Waals surface area (Å²) < 4.78 is 0.972. The molecule has 180 valence electrons. The number of hydrogen-bond acceptors (Lipinski definition) is 3. The van der Waals surface area contributed by atoms with Crippen LogP contribution >= 0.6 is 15.9 Å². The third kappa shape index (κ3) is 3.82. The Morgan fingerprint density at radius 2 is 1.51 bits per heavy atom. The maximum atomic E-state index is 13.9. The van der Waals surface area contributed by atoms with Gasteiger partial charge in [0, 0.05) is 47.1 Å². The Morgan fingerprint density at radius 3 is 2.17 bits per heavy atom. The summed E-state index contributed by atoms with van der Waals surface area (Å²) in [4.78, 5) is 23.7. The molecule has 2 heterocycles. The number of aromatic nitrogens is 1. The van der Waals surface area contributed by atoms with E-state index in [4.69, 9.17) is 4.98 Å². The second-order valence-corrected chi connectivity index (χ2v) is 12.4. The third-order valence-electron chi connectivity index (χ3n) is 9.31. The molecule has 0 N–H and O–H groups in total. The molecule has 4 bridgehead atoms. The number of piperazine rings is 1. The van der Waals surface area contributed by atoms with Crippen molar-refractivity contribution >= 4 is 32.7 Å². The van der Waals surface area contributed by atoms with E-state index >= 15 is 0 Å². The molecule has 1 amide bonds. The van der Waals surface area contributed by atoms with Gasteiger partial charge in [-0.25, -0.2) is 4.98 Å². The van der Waals surface area contributed by atoms with Gasteiger partial charge in [0.05, 0.1) is 16.8 Å². The average molecular weight is 531 g/mol. The Bertz CT molecular complexity index is 1250. The first-order chi connectivity index (χ1) is 17.1. The van der Waals surface area contributed by atoms with Crippen LogP contribution in [0, 0.1) is 17.8 Å². The number of nitrogens with zero attached hydrogens (tertiary/aromatic N) is 3. The highest BCUT2D eigenvalue weighted by Crippen LogP contribution is 2.57. The summed E-state index contributed by atoms with van der Waals surface area (Å²) in [7, 11) is 0. The van der Waals surface area contributed by atoms with Gasteiger partial charge in [0.1, 0.15) is 0 Å². The van der Waals surface area contributed by atoms with Gasteiger partial charge < -0.3 is 4.90 Å². The molecule has 4 nitrogen and oxygen atoms in total. The minimum absolute atomic E-state index is 0.137. The fourth-order valence-corrected chi connectivity index (χ4v) is 8.50. The van der Waals surface area contributed by atoms with E-state index in [9.17, 15) is 4.79 Å². The van der Waals surface area contributed by atoms with Crippen LogP contribution in [0.1, 0.15) is 48.9 Å². The molecule has 5 fully saturated rings. The van der Waals surface area contributed by atoms with Crippen molar-refractivity contribution in [3.8, 4) is 11.3 Å². The number of rotatable bonds is 3. The van der Waals surface area contributed by atoms with Crippen molar-refractivity contribution in [3.05, 3.63) is 64.6 Å². The summed E-state index contributed by atoms with van der Waals surface area (Å²) in [6, 6.07) is 18.2. The van der Waals surface area contributed by atoms with Gasteiger partial charge in [-0.3, -0.25) is 9.69 Å². The van der Waals surface area contributed by atoms with Gasteiger partial charge in [-0.05, 0) is 80.5 Å². The van der Waals surface area contributed by atoms with Gasteiger partial charge in [-0.2, -0.15) is 0 Å². The molecule has 35 heavy (non-hydrogen) atoms. The largest absolute Gasteiger partial charge is 0.336 e. The molecular formula is C30H32BrN3O. The fraction of sp³-hybridized carbons (Fsp3) is 0.467. The number of carbonyl (C=O) groups is 1. The number of hydrogen-bond donors (Lipinski definition) is 0. The van der Waals surface area contributed by atoms with E-state index in [0.29, 0.717) is 5.54 Å². The molecule has 1 aromatic heterocycles. The minimum Gasteiger partial charge on any atom is -0.336 e. The molecule has 8 rings (SSSR count). The van der Waals surface area contributed by atoms with Crippen LogP contribution in [0.25, 0.3) is 22.2 Å². The van der Waals surface area contributed by atoms with Gasteiger partial charge in [0.2, 0.25) is 0 Å². The zero-order chi connectivity index (χ0) is 23.6. The van der Waals surface area contributed by atoms with Crippen LogP contribution in [-0.2, 0) is 0 Å². The van der Waals surface area contributed by atoms with E-state index in [1.165, 1.54) is 38.5 Å². The van der Waals surface area contributed by atoms with Gasteiger partial charge in [0.15, 0.2) is 0 Å². The summed E-state index contributed by atoms with van der Waals surface area (Å²) in [6.07, 6.45) is 8.63. The molecule has 5 aliphatic rings. The van der Waals surface area contributed by atoms with E-state index in [2.05, 4.69) is 37.9 Å². The van der Waals surface area contributed by atoms with E-state index in [-0.39, 0.29) is 5.91 Å². The Hall–Kier alpha value is -2.24. The summed E-state index contributed by atoms with van der Waals surface area (Å²) >= 11 is 3.60. The molecule has 0 atom stereocenters. The summed E-state index contributed by atoms with van der Waals surface area (Å²) in [5, 5.41) is 0.924. The predicted octanol–water partition coefficient (Wildman–Crippen LogP) is 6.39. The standard InChI is InChI=1S/C30H32BrN3O/c31-24-6-7-27-25(15-24)26(16-28(32-27)23-4-2-1-3-5-23)29(35)33-8-10-34(11-9-33)30-17-20-12-21(18-30)14-22(13-20)19-30/h1-7,15-16,20-22H,8-14,17-19H2. The zero-order valence-electron chi connectivity index (χ0n) is 20.1. The number of amides is 1. The lowest BCUT2D eigenvalue weighted by Crippen LogP contribution is -2.64. The van der Waals surface area contributed by atoms with Gasteiger partial charge in [0.25, 0.3) is 5.91 Å². The lowest BCUT2D eigenvalue weighted by atomic mass is 9.52. The zero-order valence-corrected chi connectivity index (χ0v) is 21.7. The molecular weight excluding hydrogens is 498 g/mol. The van der Waals surface area contributed by atoms with E-state index in [1.807, 2.05) is 42.5 Å². The van der Waals surface area contributed by atoms with E-state index in [0.717, 1.165) is 76.1 Å². The molecule has 2 aromatic carbocycles. The van der Waals surface area contributed by atoms with Gasteiger partial charge in [-0.1, -0.05) is 46.3 Å². The number of fused-ring (bicyclic) bond motifs is 1. The van der Waals surface area contributed by atoms with Crippen LogP contribution < -0.4 is 0 Å². The van der Waals surface area contributed by atoms with Gasteiger partial charge >= 0.3 is 0 Å². The predicted molar refractivity (Wildman–Crippen MR) is 143 cm³/mol. The van der Waals surface area contributed by atoms with Crippen molar-refractivity contribution in [2.24, 2.45) is 17.8 Å². The first kappa shape index (κ1) is 22.0. The van der Waals surface area contributed by atoms with Crippen LogP contribution in [0.5, 0.6) is 0 Å². The van der Waals surface area contributed by atoms with Crippen LogP contribution in [0.3, 0.4) is 0 Å². The van der Waals surface area contributed by atoms with Crippen LogP contribution in [0.2, 0.25) is 0 Å². The Kier molecular flexibility index (Phi) is 5.29. The second kappa shape index (κ2) is 8.41. The number of halogens is 1. The van der Waals surface area contributed by atoms with Crippen LogP contribution in [-0.4, -0.2) is 52.4 Å². The molecule has 1 saturated heterocycles. The monoisotopic (exact) mass is 529 g/mol. The Balaban J connectivity index is 1.16. The molecule has 0 radical (unpaired) electrons. The lowest BCUT2D eigenvalue weighted by molar-refractivity contribution is -0.0987. The first-order valence-electron chi connectivity index (χ1n) is 13.3. The Labute approximate surface area is 215 Å². The van der Waals surface area contributed by atoms with Crippen molar-refractivity contribution < 1.29 is 4.79 Å². The van der Waals surface area contributed by atoms with Crippen LogP contribution in [0.4, 0.5) is 0 Å². The first-order valence-corrected chi connectivity index (χ1v) is 14.1. The highest BCUT2D eigenvalue weighted by atomic mass is 79.9. The van der Waals surface area contributed by atoms with Gasteiger partial charge in [-0.15, -0.1) is 0 Å². The maximum absolute atomic E-state index is 13.9. The number of carbonyl (C=O) groups excluding carboxylic acids is 1. The molecule has 1 aliphatic heterocycles. The lowest BCUT2D eigenvalue weighted by Gasteiger charge is -2.61. The second-order valence-electron chi connectivity index (χ2n) is 11.5. The summed E-state index contributed by atoms with van der Waals surface area (Å²) in [6.45, 7) is 3.66. The quantitative estimate of drug-likeness (QED) is 0.394. The van der Waals surface area contributed by atoms with Crippen molar-refractivity contribution in [1.29, 1.82) is 0 Å². The van der Waals surface area contributed by atoms with E-state index < -0.39 is 0 Å². The SMILES string of the molecule is O=C(c1cc(-c2ccccc2)nc2ccc(Br)cc12)N1CCN(C23CC4CC(CC(C4)C2)C3)CC1. The highest BCUT2D eigenvalue weighted by Gasteiger charge is 2.53. The van der Waals surface area contributed by atoms with Crippen molar-refractivity contribution in [3.63, 3.8) is 0 Å². The molecule has 4 aliphatic carbocycles. The molecule has 4 saturated carbocycles. The fourth-order valence-electron chi connectivity index (χ4n) is 8.14. The molecule has 0 spiro atoms. The Morgan fingerprint density at radius 1 is 0.857 bits per heavy atom. The normalized spacial score (nSPS) is 30.2. The van der Waals surface area contributed by atoms with E-state index in [1.54, 1.807) is 0 Å². The minimum atomic E-state index is 0.137. The number of benzene rings is 2.